The van der Waals surface area contributed by atoms with Gasteiger partial charge in [0.05, 0.1) is 16.6 Å². The maximum atomic E-state index is 12.5. The van der Waals surface area contributed by atoms with Crippen molar-refractivity contribution in [1.29, 1.82) is 0 Å². The Morgan fingerprint density at radius 1 is 1.04 bits per heavy atom. The first-order chi connectivity index (χ1) is 10.8. The standard InChI is InChI=1S/C18H24BNO3/c1-16(2)17(3,4)23-19(22-16)12-7-8-13-14(11-12)20-15(21)18(13)9-5-6-10-18/h7-8,11H,5-6,9-10H2,1-4H3,(H,20,21). The number of anilines is 1. The molecule has 1 amide bonds. The number of fused-ring (bicyclic) bond motifs is 2. The predicted octanol–water partition coefficient (Wildman–Crippen LogP) is 2.75. The van der Waals surface area contributed by atoms with Gasteiger partial charge >= 0.3 is 7.12 Å². The molecule has 4 rings (SSSR count). The summed E-state index contributed by atoms with van der Waals surface area (Å²) in [4.78, 5) is 12.5. The summed E-state index contributed by atoms with van der Waals surface area (Å²) in [6.07, 6.45) is 4.18. The number of benzene rings is 1. The van der Waals surface area contributed by atoms with Gasteiger partial charge in [-0.2, -0.15) is 0 Å². The number of hydrogen-bond donors (Lipinski definition) is 1. The molecule has 2 heterocycles. The minimum atomic E-state index is -0.387. The molecule has 122 valence electrons. The van der Waals surface area contributed by atoms with Crippen molar-refractivity contribution < 1.29 is 14.1 Å². The van der Waals surface area contributed by atoms with Gasteiger partial charge in [0.15, 0.2) is 0 Å². The summed E-state index contributed by atoms with van der Waals surface area (Å²) >= 11 is 0. The normalized spacial score (nSPS) is 26.6. The molecule has 0 bridgehead atoms. The lowest BCUT2D eigenvalue weighted by Gasteiger charge is -2.32. The van der Waals surface area contributed by atoms with Crippen molar-refractivity contribution in [2.75, 3.05) is 5.32 Å². The molecular formula is C18H24BNO3. The Balaban J connectivity index is 1.68. The molecule has 1 saturated carbocycles. The Morgan fingerprint density at radius 3 is 2.26 bits per heavy atom. The van der Waals surface area contributed by atoms with Gasteiger partial charge in [0, 0.05) is 5.69 Å². The van der Waals surface area contributed by atoms with Gasteiger partial charge in [-0.05, 0) is 57.6 Å². The molecule has 2 aliphatic heterocycles. The van der Waals surface area contributed by atoms with E-state index in [1.807, 2.05) is 6.07 Å². The van der Waals surface area contributed by atoms with Crippen molar-refractivity contribution in [2.24, 2.45) is 0 Å². The van der Waals surface area contributed by atoms with E-state index in [4.69, 9.17) is 9.31 Å². The summed E-state index contributed by atoms with van der Waals surface area (Å²) < 4.78 is 12.2. The van der Waals surface area contributed by atoms with Gasteiger partial charge in [-0.1, -0.05) is 25.0 Å². The lowest BCUT2D eigenvalue weighted by Crippen LogP contribution is -2.41. The van der Waals surface area contributed by atoms with Crippen LogP contribution in [0.25, 0.3) is 0 Å². The second kappa shape index (κ2) is 4.61. The van der Waals surface area contributed by atoms with Gasteiger partial charge in [-0.25, -0.2) is 0 Å². The fraction of sp³-hybridized carbons (Fsp3) is 0.611. The zero-order valence-corrected chi connectivity index (χ0v) is 14.4. The van der Waals surface area contributed by atoms with Crippen LogP contribution in [0.3, 0.4) is 0 Å². The van der Waals surface area contributed by atoms with Crippen molar-refractivity contribution >= 4 is 24.2 Å². The number of carbonyl (C=O) groups is 1. The lowest BCUT2D eigenvalue weighted by atomic mass is 9.75. The number of amides is 1. The smallest absolute Gasteiger partial charge is 0.399 e. The Hall–Kier alpha value is -1.33. The van der Waals surface area contributed by atoms with Crippen LogP contribution < -0.4 is 10.8 Å². The first-order valence-electron chi connectivity index (χ1n) is 8.57. The van der Waals surface area contributed by atoms with Gasteiger partial charge in [0.2, 0.25) is 5.91 Å². The van der Waals surface area contributed by atoms with E-state index in [2.05, 4.69) is 45.1 Å². The van der Waals surface area contributed by atoms with E-state index in [1.54, 1.807) is 0 Å². The third kappa shape index (κ3) is 2.02. The second-order valence-corrected chi connectivity index (χ2v) is 8.14. The average molecular weight is 313 g/mol. The summed E-state index contributed by atoms with van der Waals surface area (Å²) in [7, 11) is -0.387. The molecule has 0 unspecified atom stereocenters. The summed E-state index contributed by atoms with van der Waals surface area (Å²) in [6, 6.07) is 6.18. The number of rotatable bonds is 1. The summed E-state index contributed by atoms with van der Waals surface area (Å²) in [5, 5.41) is 3.09. The van der Waals surface area contributed by atoms with E-state index in [1.165, 1.54) is 0 Å². The minimum Gasteiger partial charge on any atom is -0.399 e. The van der Waals surface area contributed by atoms with Crippen LogP contribution >= 0.6 is 0 Å². The molecule has 2 fully saturated rings. The molecule has 3 aliphatic rings. The van der Waals surface area contributed by atoms with Crippen molar-refractivity contribution in [3.05, 3.63) is 23.8 Å². The molecule has 23 heavy (non-hydrogen) atoms. The third-order valence-corrected chi connectivity index (χ3v) is 6.22. The molecule has 4 nitrogen and oxygen atoms in total. The Morgan fingerprint density at radius 2 is 1.65 bits per heavy atom. The molecule has 1 aromatic rings. The van der Waals surface area contributed by atoms with Gasteiger partial charge in [-0.3, -0.25) is 4.79 Å². The predicted molar refractivity (Wildman–Crippen MR) is 90.9 cm³/mol. The highest BCUT2D eigenvalue weighted by Crippen LogP contribution is 2.48. The van der Waals surface area contributed by atoms with Crippen LogP contribution in [0.15, 0.2) is 18.2 Å². The lowest BCUT2D eigenvalue weighted by molar-refractivity contribution is -0.120. The summed E-state index contributed by atoms with van der Waals surface area (Å²) in [5.74, 6) is 0.163. The Bertz CT molecular complexity index is 661. The van der Waals surface area contributed by atoms with Gasteiger partial charge in [0.25, 0.3) is 0 Å². The molecular weight excluding hydrogens is 289 g/mol. The van der Waals surface area contributed by atoms with Gasteiger partial charge in [0.1, 0.15) is 0 Å². The van der Waals surface area contributed by atoms with Crippen LogP contribution in [0.4, 0.5) is 5.69 Å². The number of nitrogens with one attached hydrogen (secondary N) is 1. The van der Waals surface area contributed by atoms with Crippen molar-refractivity contribution in [3.8, 4) is 0 Å². The largest absolute Gasteiger partial charge is 0.494 e. The molecule has 0 aromatic heterocycles. The minimum absolute atomic E-state index is 0.163. The van der Waals surface area contributed by atoms with E-state index in [-0.39, 0.29) is 29.6 Å². The fourth-order valence-corrected chi connectivity index (χ4v) is 4.05. The van der Waals surface area contributed by atoms with Crippen LogP contribution in [-0.2, 0) is 19.5 Å². The van der Waals surface area contributed by atoms with Crippen LogP contribution in [0, 0.1) is 0 Å². The highest BCUT2D eigenvalue weighted by Gasteiger charge is 2.53. The van der Waals surface area contributed by atoms with E-state index >= 15 is 0 Å². The molecule has 1 aromatic carbocycles. The quantitative estimate of drug-likeness (QED) is 0.811. The Labute approximate surface area is 138 Å². The topological polar surface area (TPSA) is 47.6 Å². The van der Waals surface area contributed by atoms with Crippen molar-refractivity contribution in [2.45, 2.75) is 70.0 Å². The number of carbonyl (C=O) groups excluding carboxylic acids is 1. The molecule has 5 heteroatoms. The monoisotopic (exact) mass is 313 g/mol. The van der Waals surface area contributed by atoms with E-state index in [0.29, 0.717) is 0 Å². The second-order valence-electron chi connectivity index (χ2n) is 8.14. The van der Waals surface area contributed by atoms with Crippen LogP contribution in [-0.4, -0.2) is 24.2 Å². The van der Waals surface area contributed by atoms with E-state index < -0.39 is 0 Å². The molecule has 1 spiro atoms. The van der Waals surface area contributed by atoms with Crippen molar-refractivity contribution in [3.63, 3.8) is 0 Å². The summed E-state index contributed by atoms with van der Waals surface area (Å²) in [6.45, 7) is 8.21. The van der Waals surface area contributed by atoms with E-state index in [0.717, 1.165) is 42.4 Å². The molecule has 0 radical (unpaired) electrons. The highest BCUT2D eigenvalue weighted by molar-refractivity contribution is 6.62. The van der Waals surface area contributed by atoms with Crippen molar-refractivity contribution in [1.82, 2.24) is 0 Å². The van der Waals surface area contributed by atoms with E-state index in [9.17, 15) is 4.79 Å². The maximum absolute atomic E-state index is 12.5. The van der Waals surface area contributed by atoms with Gasteiger partial charge in [-0.15, -0.1) is 0 Å². The molecule has 1 N–H and O–H groups in total. The molecule has 1 aliphatic carbocycles. The van der Waals surface area contributed by atoms with Crippen LogP contribution in [0.1, 0.15) is 58.9 Å². The first kappa shape index (κ1) is 15.2. The zero-order valence-electron chi connectivity index (χ0n) is 14.4. The number of hydrogen-bond acceptors (Lipinski definition) is 3. The molecule has 0 atom stereocenters. The van der Waals surface area contributed by atoms with Crippen LogP contribution in [0.5, 0.6) is 0 Å². The maximum Gasteiger partial charge on any atom is 0.494 e. The first-order valence-corrected chi connectivity index (χ1v) is 8.57. The zero-order chi connectivity index (χ0) is 16.5. The fourth-order valence-electron chi connectivity index (χ4n) is 4.05. The average Bonchev–Trinajstić information content (AvgIpc) is 3.10. The third-order valence-electron chi connectivity index (χ3n) is 6.22. The highest BCUT2D eigenvalue weighted by atomic mass is 16.7. The molecule has 1 saturated heterocycles. The summed E-state index contributed by atoms with van der Waals surface area (Å²) in [5.41, 5.74) is 2.06. The Kier molecular flexibility index (Phi) is 3.05. The van der Waals surface area contributed by atoms with Gasteiger partial charge < -0.3 is 14.6 Å². The van der Waals surface area contributed by atoms with Crippen LogP contribution in [0.2, 0.25) is 0 Å². The SMILES string of the molecule is CC1(C)OB(c2ccc3c(c2)NC(=O)C32CCCC2)OC1(C)C.